The highest BCUT2D eigenvalue weighted by Gasteiger charge is 2.15. The molecule has 0 radical (unpaired) electrons. The highest BCUT2D eigenvalue weighted by Crippen LogP contribution is 2.12. The lowest BCUT2D eigenvalue weighted by atomic mass is 10.1. The van der Waals surface area contributed by atoms with Gasteiger partial charge in [0.1, 0.15) is 5.82 Å². The maximum absolute atomic E-state index is 12.7. The molecule has 18 heavy (non-hydrogen) atoms. The molecular weight excluding hydrogens is 239 g/mol. The van der Waals surface area contributed by atoms with Gasteiger partial charge in [-0.1, -0.05) is 12.1 Å². The number of carboxylic acids is 1. The minimum atomic E-state index is -1.23. The Labute approximate surface area is 102 Å². The van der Waals surface area contributed by atoms with Crippen LogP contribution in [0, 0.1) is 5.82 Å². The van der Waals surface area contributed by atoms with E-state index in [0.717, 1.165) is 0 Å². The first-order valence-electron chi connectivity index (χ1n) is 5.17. The summed E-state index contributed by atoms with van der Waals surface area (Å²) >= 11 is 0. The number of carboxylic acid groups (broad SMARTS) is 1. The van der Waals surface area contributed by atoms with Gasteiger partial charge in [-0.15, -0.1) is 0 Å². The average molecular weight is 248 g/mol. The third kappa shape index (κ3) is 2.63. The summed E-state index contributed by atoms with van der Waals surface area (Å²) in [5, 5.41) is 8.65. The van der Waals surface area contributed by atoms with Crippen molar-refractivity contribution in [3.8, 4) is 0 Å². The van der Waals surface area contributed by atoms with Crippen molar-refractivity contribution in [2.75, 3.05) is 0 Å². The van der Waals surface area contributed by atoms with E-state index in [0.29, 0.717) is 5.56 Å². The van der Waals surface area contributed by atoms with Crippen LogP contribution in [0.2, 0.25) is 0 Å². The maximum Gasteiger partial charge on any atom is 0.371 e. The summed E-state index contributed by atoms with van der Waals surface area (Å²) in [6.07, 6.45) is 0.0346. The van der Waals surface area contributed by atoms with Crippen LogP contribution in [0.3, 0.4) is 0 Å². The standard InChI is InChI=1S/C13H9FO4/c14-9-3-1-8(2-4-9)7-10(15)11-5-6-12(18-11)13(16)17/h1-6H,7H2,(H,16,17). The van der Waals surface area contributed by atoms with E-state index in [-0.39, 0.29) is 29.5 Å². The number of hydrogen-bond donors (Lipinski definition) is 1. The van der Waals surface area contributed by atoms with Crippen molar-refractivity contribution >= 4 is 11.8 Å². The summed E-state index contributed by atoms with van der Waals surface area (Å²) in [6, 6.07) is 8.04. The monoisotopic (exact) mass is 248 g/mol. The molecule has 5 heteroatoms. The van der Waals surface area contributed by atoms with Crippen molar-refractivity contribution in [2.45, 2.75) is 6.42 Å². The first kappa shape index (κ1) is 12.0. The molecule has 2 rings (SSSR count). The molecule has 0 aliphatic rings. The van der Waals surface area contributed by atoms with Crippen molar-refractivity contribution in [1.29, 1.82) is 0 Å². The van der Waals surface area contributed by atoms with Crippen LogP contribution in [0.1, 0.15) is 26.7 Å². The third-order valence-electron chi connectivity index (χ3n) is 2.37. The second-order valence-electron chi connectivity index (χ2n) is 3.70. The Kier molecular flexibility index (Phi) is 3.23. The Morgan fingerprint density at radius 3 is 2.22 bits per heavy atom. The van der Waals surface area contributed by atoms with Crippen molar-refractivity contribution in [3.05, 3.63) is 59.3 Å². The van der Waals surface area contributed by atoms with Gasteiger partial charge in [0.05, 0.1) is 0 Å². The second kappa shape index (κ2) is 4.83. The molecule has 92 valence electrons. The lowest BCUT2D eigenvalue weighted by Gasteiger charge is -1.98. The first-order valence-corrected chi connectivity index (χ1v) is 5.17. The Balaban J connectivity index is 2.11. The molecule has 0 aliphatic carbocycles. The number of hydrogen-bond acceptors (Lipinski definition) is 3. The molecule has 0 amide bonds. The zero-order chi connectivity index (χ0) is 13.1. The van der Waals surface area contributed by atoms with Crippen molar-refractivity contribution in [2.24, 2.45) is 0 Å². The number of furan rings is 1. The molecule has 1 aromatic heterocycles. The Hall–Kier alpha value is -2.43. The molecule has 0 saturated heterocycles. The molecule has 0 atom stereocenters. The van der Waals surface area contributed by atoms with Crippen LogP contribution >= 0.6 is 0 Å². The topological polar surface area (TPSA) is 67.5 Å². The summed E-state index contributed by atoms with van der Waals surface area (Å²) < 4.78 is 17.6. The molecule has 4 nitrogen and oxygen atoms in total. The lowest BCUT2D eigenvalue weighted by molar-refractivity contribution is 0.0660. The van der Waals surface area contributed by atoms with E-state index in [1.807, 2.05) is 0 Å². The molecule has 1 N–H and O–H groups in total. The van der Waals surface area contributed by atoms with Crippen LogP contribution in [-0.2, 0) is 6.42 Å². The zero-order valence-electron chi connectivity index (χ0n) is 9.22. The van der Waals surface area contributed by atoms with Crippen molar-refractivity contribution < 1.29 is 23.5 Å². The number of aromatic carboxylic acids is 1. The molecule has 2 aromatic rings. The van der Waals surface area contributed by atoms with Crippen LogP contribution in [0.25, 0.3) is 0 Å². The van der Waals surface area contributed by atoms with Gasteiger partial charge in [0.25, 0.3) is 0 Å². The lowest BCUT2D eigenvalue weighted by Crippen LogP contribution is -2.02. The largest absolute Gasteiger partial charge is 0.475 e. The zero-order valence-corrected chi connectivity index (χ0v) is 9.22. The van der Waals surface area contributed by atoms with Gasteiger partial charge in [-0.25, -0.2) is 9.18 Å². The highest BCUT2D eigenvalue weighted by molar-refractivity contribution is 5.96. The summed E-state index contributed by atoms with van der Waals surface area (Å²) in [7, 11) is 0. The molecule has 0 bridgehead atoms. The number of halogens is 1. The number of benzene rings is 1. The minimum absolute atomic E-state index is 0.0169. The van der Waals surface area contributed by atoms with Gasteiger partial charge < -0.3 is 9.52 Å². The van der Waals surface area contributed by atoms with Crippen LogP contribution in [0.4, 0.5) is 4.39 Å². The smallest absolute Gasteiger partial charge is 0.371 e. The SMILES string of the molecule is O=C(O)c1ccc(C(=O)Cc2ccc(F)cc2)o1. The van der Waals surface area contributed by atoms with Crippen LogP contribution in [-0.4, -0.2) is 16.9 Å². The van der Waals surface area contributed by atoms with E-state index < -0.39 is 5.97 Å². The van der Waals surface area contributed by atoms with Crippen LogP contribution in [0.15, 0.2) is 40.8 Å². The van der Waals surface area contributed by atoms with E-state index in [4.69, 9.17) is 9.52 Å². The number of carbonyl (C=O) groups excluding carboxylic acids is 1. The van der Waals surface area contributed by atoms with E-state index in [1.165, 1.54) is 36.4 Å². The van der Waals surface area contributed by atoms with Gasteiger partial charge in [0, 0.05) is 6.42 Å². The molecule has 1 aromatic carbocycles. The molecule has 1 heterocycles. The highest BCUT2D eigenvalue weighted by atomic mass is 19.1. The predicted molar refractivity (Wildman–Crippen MR) is 60.1 cm³/mol. The van der Waals surface area contributed by atoms with Gasteiger partial charge in [-0.3, -0.25) is 4.79 Å². The summed E-state index contributed by atoms with van der Waals surface area (Å²) in [5.74, 6) is -2.25. The van der Waals surface area contributed by atoms with E-state index in [1.54, 1.807) is 0 Å². The first-order chi connectivity index (χ1) is 8.56. The fourth-order valence-corrected chi connectivity index (χ4v) is 1.48. The number of carbonyl (C=O) groups is 2. The van der Waals surface area contributed by atoms with Crippen molar-refractivity contribution in [1.82, 2.24) is 0 Å². The normalized spacial score (nSPS) is 10.3. The summed E-state index contributed by atoms with van der Waals surface area (Å²) in [5.41, 5.74) is 0.634. The van der Waals surface area contributed by atoms with Gasteiger partial charge in [-0.05, 0) is 29.8 Å². The maximum atomic E-state index is 12.7. The van der Waals surface area contributed by atoms with Gasteiger partial charge in [0.15, 0.2) is 5.76 Å². The van der Waals surface area contributed by atoms with E-state index in [9.17, 15) is 14.0 Å². The van der Waals surface area contributed by atoms with Gasteiger partial charge >= 0.3 is 5.97 Å². The summed E-state index contributed by atoms with van der Waals surface area (Å²) in [6.45, 7) is 0. The average Bonchev–Trinajstić information content (AvgIpc) is 2.81. The molecule has 0 unspecified atom stereocenters. The van der Waals surface area contributed by atoms with Crippen LogP contribution < -0.4 is 0 Å². The Bertz CT molecular complexity index is 583. The van der Waals surface area contributed by atoms with E-state index >= 15 is 0 Å². The van der Waals surface area contributed by atoms with Crippen molar-refractivity contribution in [3.63, 3.8) is 0 Å². The van der Waals surface area contributed by atoms with E-state index in [2.05, 4.69) is 0 Å². The molecule has 0 fully saturated rings. The number of Topliss-reactive ketones (excluding diaryl/α,β-unsaturated/α-hetero) is 1. The molecular formula is C13H9FO4. The Morgan fingerprint density at radius 1 is 1.06 bits per heavy atom. The third-order valence-corrected chi connectivity index (χ3v) is 2.37. The minimum Gasteiger partial charge on any atom is -0.475 e. The Morgan fingerprint density at radius 2 is 1.67 bits per heavy atom. The van der Waals surface area contributed by atoms with Gasteiger partial charge in [-0.2, -0.15) is 0 Å². The van der Waals surface area contributed by atoms with Crippen LogP contribution in [0.5, 0.6) is 0 Å². The molecule has 0 spiro atoms. The fourth-order valence-electron chi connectivity index (χ4n) is 1.48. The number of ketones is 1. The van der Waals surface area contributed by atoms with Gasteiger partial charge in [0.2, 0.25) is 11.5 Å². The summed E-state index contributed by atoms with van der Waals surface area (Å²) in [4.78, 5) is 22.3. The quantitative estimate of drug-likeness (QED) is 0.844. The second-order valence-corrected chi connectivity index (χ2v) is 3.70. The molecule has 0 aliphatic heterocycles. The predicted octanol–water partition coefficient (Wildman–Crippen LogP) is 2.54. The number of rotatable bonds is 4. The molecule has 0 saturated carbocycles. The fraction of sp³-hybridized carbons (Fsp3) is 0.0769.